The lowest BCUT2D eigenvalue weighted by atomic mass is 10.1. The molecule has 456 valence electrons. The Balaban J connectivity index is 0.00000286. The molecular formula is C50H50ClN11O17S7. The Bertz CT molecular complexity index is 4540. The second-order valence-corrected chi connectivity index (χ2v) is 27.6. The summed E-state index contributed by atoms with van der Waals surface area (Å²) in [6.07, 6.45) is 0.00436. The number of aryl methyl sites for hydroxylation is 4. The zero-order valence-corrected chi connectivity index (χ0v) is 52.1. The molecule has 5 N–H and O–H groups in total. The van der Waals surface area contributed by atoms with Crippen LogP contribution < -0.4 is 4.74 Å². The monoisotopic (exact) mass is 1340 g/mol. The molecule has 0 aliphatic rings. The Hall–Kier alpha value is -7.21. The van der Waals surface area contributed by atoms with Gasteiger partial charge in [0, 0.05) is 26.4 Å². The molecule has 0 saturated heterocycles. The molecule has 0 radical (unpaired) electrons. The molecule has 7 aromatic rings. The van der Waals surface area contributed by atoms with Gasteiger partial charge in [-0.3, -0.25) is 22.6 Å². The summed E-state index contributed by atoms with van der Waals surface area (Å²) < 4.78 is 165. The molecule has 0 bridgehead atoms. The van der Waals surface area contributed by atoms with Crippen LogP contribution in [-0.2, 0) is 51.1 Å². The molecular weight excluding hydrogens is 1290 g/mol. The smallest absolute Gasteiger partial charge is 0.425 e. The van der Waals surface area contributed by atoms with Gasteiger partial charge in [0.1, 0.15) is 33.5 Å². The number of hydrogen-bond acceptors (Lipinski definition) is 25. The van der Waals surface area contributed by atoms with E-state index in [9.17, 15) is 62.3 Å². The molecule has 0 atom stereocenters. The fourth-order valence-corrected chi connectivity index (χ4v) is 12.3. The van der Waals surface area contributed by atoms with Crippen LogP contribution in [0.25, 0.3) is 16.7 Å². The number of halogens is 1. The second-order valence-electron chi connectivity index (χ2n) is 18.4. The normalized spacial score (nSPS) is 12.5. The van der Waals surface area contributed by atoms with E-state index in [-0.39, 0.29) is 88.0 Å². The fourth-order valence-electron chi connectivity index (χ4n) is 7.81. The summed E-state index contributed by atoms with van der Waals surface area (Å²) in [4.78, 5) is 4.81. The molecule has 7 rings (SSSR count). The number of nitrogens with zero attached hydrogens (tertiary/aromatic N) is 11. The van der Waals surface area contributed by atoms with Crippen LogP contribution >= 0.6 is 35.1 Å². The quantitative estimate of drug-likeness (QED) is 0.0162. The van der Waals surface area contributed by atoms with Crippen molar-refractivity contribution in [2.45, 2.75) is 68.6 Å². The lowest BCUT2D eigenvalue weighted by molar-refractivity contribution is 0.317. The van der Waals surface area contributed by atoms with Gasteiger partial charge in [-0.1, -0.05) is 17.7 Å². The van der Waals surface area contributed by atoms with Crippen LogP contribution in [0.4, 0.5) is 45.5 Å². The number of thioether (sulfide) groups is 2. The molecule has 2 heterocycles. The third-order valence-corrected chi connectivity index (χ3v) is 17.7. The van der Waals surface area contributed by atoms with E-state index in [4.69, 9.17) is 29.0 Å². The molecule has 5 aromatic carbocycles. The van der Waals surface area contributed by atoms with Crippen molar-refractivity contribution in [2.24, 2.45) is 40.9 Å². The number of rotatable bonds is 24. The number of fused-ring (bicyclic) bond motifs is 3. The molecule has 0 spiro atoms. The first kappa shape index (κ1) is 67.9. The van der Waals surface area contributed by atoms with Crippen molar-refractivity contribution >= 4 is 148 Å². The topological polar surface area (TPSA) is 438 Å². The van der Waals surface area contributed by atoms with Gasteiger partial charge in [-0.05, 0) is 148 Å². The van der Waals surface area contributed by atoms with Crippen LogP contribution in [0.3, 0.4) is 0 Å². The summed E-state index contributed by atoms with van der Waals surface area (Å²) >= 11 is 8.49. The minimum Gasteiger partial charge on any atom is -0.493 e. The zero-order chi connectivity index (χ0) is 63.5. The van der Waals surface area contributed by atoms with E-state index in [0.29, 0.717) is 65.5 Å². The lowest BCUT2D eigenvalue weighted by Gasteiger charge is -2.12. The highest BCUT2D eigenvalue weighted by atomic mass is 35.5. The summed E-state index contributed by atoms with van der Waals surface area (Å²) in [5.74, 6) is -1.76. The molecule has 28 nitrogen and oxygen atoms in total. The van der Waals surface area contributed by atoms with Gasteiger partial charge in [-0.2, -0.15) is 59.4 Å². The highest BCUT2D eigenvalue weighted by Crippen LogP contribution is 2.44. The number of benzene rings is 5. The molecule has 0 unspecified atom stereocenters. The van der Waals surface area contributed by atoms with E-state index in [2.05, 4.69) is 45.9 Å². The van der Waals surface area contributed by atoms with Crippen molar-refractivity contribution in [3.63, 3.8) is 0 Å². The predicted octanol–water partition coefficient (Wildman–Crippen LogP) is 12.6. The van der Waals surface area contributed by atoms with Gasteiger partial charge >= 0.3 is 10.6 Å². The Morgan fingerprint density at radius 1 is 0.605 bits per heavy atom. The first-order chi connectivity index (χ1) is 40.2. The Morgan fingerprint density at radius 2 is 1.06 bits per heavy atom. The minimum atomic E-state index is -4.80. The lowest BCUT2D eigenvalue weighted by Crippen LogP contribution is -2.08. The largest absolute Gasteiger partial charge is 0.493 e. The van der Waals surface area contributed by atoms with Crippen LogP contribution in [0.1, 0.15) is 52.6 Å². The van der Waals surface area contributed by atoms with Crippen LogP contribution in [0.2, 0.25) is 5.02 Å². The Kier molecular flexibility index (Phi) is 22.9. The number of ether oxygens (including phenoxy) is 1. The van der Waals surface area contributed by atoms with E-state index in [1.165, 1.54) is 48.6 Å². The van der Waals surface area contributed by atoms with Crippen LogP contribution in [-0.4, -0.2) is 114 Å². The average molecular weight is 1340 g/mol. The summed E-state index contributed by atoms with van der Waals surface area (Å²) in [5.41, 5.74) is 3.93. The molecule has 2 aromatic heterocycles. The molecule has 0 saturated carbocycles. The van der Waals surface area contributed by atoms with Gasteiger partial charge in [0.2, 0.25) is 5.88 Å². The van der Waals surface area contributed by atoms with E-state index in [1.807, 2.05) is 6.07 Å². The van der Waals surface area contributed by atoms with Crippen molar-refractivity contribution in [2.75, 3.05) is 35.4 Å². The van der Waals surface area contributed by atoms with Crippen LogP contribution in [0, 0.1) is 45.9 Å². The number of pyridine rings is 1. The van der Waals surface area contributed by atoms with Crippen molar-refractivity contribution < 1.29 is 74.4 Å². The van der Waals surface area contributed by atoms with Crippen molar-refractivity contribution in [1.82, 2.24) is 9.38 Å². The molecule has 0 amide bonds. The summed E-state index contributed by atoms with van der Waals surface area (Å²) in [7, 11) is -20.8. The van der Waals surface area contributed by atoms with Gasteiger partial charge in [-0.25, -0.2) is 4.98 Å². The van der Waals surface area contributed by atoms with E-state index in [1.54, 1.807) is 76.2 Å². The highest BCUT2D eigenvalue weighted by molar-refractivity contribution is 7.99. The van der Waals surface area contributed by atoms with Gasteiger partial charge in [-0.15, -0.1) is 56.6 Å². The SMILES string of the molecule is Cc1cc(N=Nc2cc(SCCCS(=O)(=O)O)c(N=Nc3cc(OCCCS(=O)(=O)O)c(N=Nc4c(C)c(C#N)c5nc6c(S(=O)(=O)O)ccc(C)c6n5c4O)cc3C)cc2C)c(SCCCS(=O)(=O)O)cc1N=Nc1ccc(Cl)cc1.O=S(=O)=O. The molecule has 36 heteroatoms. The van der Waals surface area contributed by atoms with Gasteiger partial charge in [0.05, 0.1) is 63.5 Å². The maximum atomic E-state index is 12.3. The molecule has 0 aliphatic carbocycles. The van der Waals surface area contributed by atoms with Crippen molar-refractivity contribution in [3.05, 3.63) is 111 Å². The molecule has 86 heavy (non-hydrogen) atoms. The Labute approximate surface area is 507 Å². The number of imidazole rings is 1. The maximum absolute atomic E-state index is 12.3. The number of aromatic nitrogens is 2. The van der Waals surface area contributed by atoms with Crippen LogP contribution in [0.5, 0.6) is 11.6 Å². The van der Waals surface area contributed by atoms with Gasteiger partial charge in [0.25, 0.3) is 40.5 Å². The number of azo groups is 4. The van der Waals surface area contributed by atoms with E-state index < -0.39 is 79.1 Å². The summed E-state index contributed by atoms with van der Waals surface area (Å²) in [6, 6.07) is 21.0. The Morgan fingerprint density at radius 3 is 1.55 bits per heavy atom. The fraction of sp³-hybridized carbons (Fsp3) is 0.280. The van der Waals surface area contributed by atoms with Crippen molar-refractivity contribution in [3.8, 4) is 17.7 Å². The van der Waals surface area contributed by atoms with E-state index in [0.717, 1.165) is 10.5 Å². The van der Waals surface area contributed by atoms with Gasteiger partial charge in [0.15, 0.2) is 11.3 Å². The third kappa shape index (κ3) is 19.1. The predicted molar refractivity (Wildman–Crippen MR) is 320 cm³/mol. The number of nitriles is 1. The third-order valence-electron chi connectivity index (χ3n) is 11.9. The van der Waals surface area contributed by atoms with Gasteiger partial charge < -0.3 is 9.84 Å². The number of aromatic hydroxyl groups is 1. The number of hydrogen-bond donors (Lipinski definition) is 5. The van der Waals surface area contributed by atoms with Crippen molar-refractivity contribution in [1.29, 1.82) is 5.26 Å². The summed E-state index contributed by atoms with van der Waals surface area (Å²) in [6.45, 7) is 7.99. The second kappa shape index (κ2) is 29.0. The molecule has 0 fully saturated rings. The standard InChI is InChI=1S/C50H50ClN11O14S6.O3S/c1-28-9-14-45(82(73,74)75)47-48(28)62-49(53-47)35(27-52)32(5)46(50(62)63)61-58-39-21-29(2)36(24-42(39)76-15-6-18-79(64,65)66)56-59-40-23-31(4)38(26-44(40)78-17-8-20-81(70,71)72)57-60-41-22-30(3)37(55-54-34-12-10-33(51)11-13-34)25-43(41)77-16-7-19-80(67,68)69;1-4(2)3/h9-14,21-26,63H,6-8,15-20H2,1-5H3,(H,64,65,66)(H,67,68,69)(H,70,71,72)(H,73,74,75);. The molecule has 0 aliphatic heterocycles. The van der Waals surface area contributed by atoms with Crippen LogP contribution in [0.15, 0.2) is 128 Å². The first-order valence-electron chi connectivity index (χ1n) is 24.7. The zero-order valence-electron chi connectivity index (χ0n) is 45.6. The first-order valence-corrected chi connectivity index (χ1v) is 34.3. The summed E-state index contributed by atoms with van der Waals surface area (Å²) in [5, 5.41) is 58.2. The average Bonchev–Trinajstić information content (AvgIpc) is 1.59. The maximum Gasteiger partial charge on any atom is 0.425 e. The minimum absolute atomic E-state index is 0.0188. The highest BCUT2D eigenvalue weighted by Gasteiger charge is 2.26. The van der Waals surface area contributed by atoms with E-state index >= 15 is 0 Å².